The average molecular weight is 204 g/mol. The van der Waals surface area contributed by atoms with Crippen molar-refractivity contribution in [1.82, 2.24) is 4.90 Å². The molecule has 3 heteroatoms. The summed E-state index contributed by atoms with van der Waals surface area (Å²) in [5, 5.41) is 0. The number of amides is 1. The van der Waals surface area contributed by atoms with Gasteiger partial charge in [0.15, 0.2) is 0 Å². The van der Waals surface area contributed by atoms with Crippen molar-refractivity contribution >= 4 is 5.91 Å². The molecule has 1 saturated heterocycles. The molecular formula is C12H16N2O. The van der Waals surface area contributed by atoms with Crippen molar-refractivity contribution in [3.63, 3.8) is 0 Å². The van der Waals surface area contributed by atoms with E-state index in [0.29, 0.717) is 6.54 Å². The average Bonchev–Trinajstić information content (AvgIpc) is 2.53. The van der Waals surface area contributed by atoms with Gasteiger partial charge in [0.2, 0.25) is 5.91 Å². The number of nitrogens with two attached hydrogens (primary N) is 1. The molecular weight excluding hydrogens is 188 g/mol. The third-order valence-corrected chi connectivity index (χ3v) is 2.96. The molecule has 0 saturated carbocycles. The van der Waals surface area contributed by atoms with Gasteiger partial charge in [-0.3, -0.25) is 4.79 Å². The van der Waals surface area contributed by atoms with Crippen molar-refractivity contribution in [2.45, 2.75) is 25.9 Å². The third kappa shape index (κ3) is 2.02. The Morgan fingerprint density at radius 2 is 2.20 bits per heavy atom. The van der Waals surface area contributed by atoms with Gasteiger partial charge in [-0.2, -0.15) is 0 Å². The van der Waals surface area contributed by atoms with Crippen molar-refractivity contribution < 1.29 is 4.79 Å². The summed E-state index contributed by atoms with van der Waals surface area (Å²) in [6, 6.07) is 7.86. The van der Waals surface area contributed by atoms with Crippen LogP contribution in [-0.4, -0.2) is 23.4 Å². The number of carbonyl (C=O) groups is 1. The summed E-state index contributed by atoms with van der Waals surface area (Å²) in [5.41, 5.74) is 8.10. The molecule has 2 rings (SSSR count). The zero-order valence-electron chi connectivity index (χ0n) is 8.94. The molecule has 1 atom stereocenters. The van der Waals surface area contributed by atoms with E-state index in [2.05, 4.69) is 19.1 Å². The molecule has 1 fully saturated rings. The van der Waals surface area contributed by atoms with Gasteiger partial charge in [-0.25, -0.2) is 0 Å². The highest BCUT2D eigenvalue weighted by Crippen LogP contribution is 2.15. The van der Waals surface area contributed by atoms with Crippen LogP contribution in [0.3, 0.4) is 0 Å². The number of aryl methyl sites for hydroxylation is 1. The summed E-state index contributed by atoms with van der Waals surface area (Å²) in [5.74, 6) is 0.0817. The predicted molar refractivity (Wildman–Crippen MR) is 59.2 cm³/mol. The predicted octanol–water partition coefficient (Wildman–Crippen LogP) is 1.05. The maximum Gasteiger partial charge on any atom is 0.239 e. The molecule has 1 amide bonds. The van der Waals surface area contributed by atoms with E-state index in [1.54, 1.807) is 0 Å². The van der Waals surface area contributed by atoms with E-state index >= 15 is 0 Å². The number of hydrogen-bond acceptors (Lipinski definition) is 2. The lowest BCUT2D eigenvalue weighted by molar-refractivity contribution is -0.129. The van der Waals surface area contributed by atoms with Crippen molar-refractivity contribution in [2.75, 3.05) is 6.54 Å². The third-order valence-electron chi connectivity index (χ3n) is 2.96. The van der Waals surface area contributed by atoms with Crippen molar-refractivity contribution in [2.24, 2.45) is 5.73 Å². The van der Waals surface area contributed by atoms with Crippen LogP contribution in [0.1, 0.15) is 17.5 Å². The number of benzene rings is 1. The molecule has 1 aliphatic rings. The minimum absolute atomic E-state index is 0.0817. The second kappa shape index (κ2) is 4.03. The van der Waals surface area contributed by atoms with Gasteiger partial charge in [0, 0.05) is 13.1 Å². The molecule has 2 N–H and O–H groups in total. The SMILES string of the molecule is Cc1ccccc1CN1CCC(N)C1=O. The Morgan fingerprint density at radius 1 is 1.47 bits per heavy atom. The largest absolute Gasteiger partial charge is 0.337 e. The summed E-state index contributed by atoms with van der Waals surface area (Å²) >= 11 is 0. The quantitative estimate of drug-likeness (QED) is 0.782. The van der Waals surface area contributed by atoms with Crippen molar-refractivity contribution in [3.8, 4) is 0 Å². The molecule has 0 spiro atoms. The first-order valence-corrected chi connectivity index (χ1v) is 5.27. The molecule has 1 aromatic rings. The molecule has 1 aromatic carbocycles. The Balaban J connectivity index is 2.10. The van der Waals surface area contributed by atoms with Gasteiger partial charge in [0.05, 0.1) is 6.04 Å². The summed E-state index contributed by atoms with van der Waals surface area (Å²) in [6.45, 7) is 3.54. The fraction of sp³-hybridized carbons (Fsp3) is 0.417. The van der Waals surface area contributed by atoms with Crippen molar-refractivity contribution in [3.05, 3.63) is 35.4 Å². The summed E-state index contributed by atoms with van der Waals surface area (Å²) < 4.78 is 0. The van der Waals surface area contributed by atoms with Gasteiger partial charge in [0.1, 0.15) is 0 Å². The molecule has 0 aliphatic carbocycles. The first-order valence-electron chi connectivity index (χ1n) is 5.27. The summed E-state index contributed by atoms with van der Waals surface area (Å²) in [4.78, 5) is 13.5. The molecule has 0 radical (unpaired) electrons. The van der Waals surface area contributed by atoms with Gasteiger partial charge in [0.25, 0.3) is 0 Å². The fourth-order valence-corrected chi connectivity index (χ4v) is 1.91. The highest BCUT2D eigenvalue weighted by molar-refractivity contribution is 5.83. The monoisotopic (exact) mass is 204 g/mol. The van der Waals surface area contributed by atoms with Crippen LogP contribution in [0.25, 0.3) is 0 Å². The molecule has 1 heterocycles. The highest BCUT2D eigenvalue weighted by Gasteiger charge is 2.28. The van der Waals surface area contributed by atoms with E-state index < -0.39 is 0 Å². The van der Waals surface area contributed by atoms with Crippen LogP contribution in [0, 0.1) is 6.92 Å². The van der Waals surface area contributed by atoms with E-state index in [1.807, 2.05) is 17.0 Å². The fourth-order valence-electron chi connectivity index (χ4n) is 1.91. The standard InChI is InChI=1S/C12H16N2O/c1-9-4-2-3-5-10(9)8-14-7-6-11(13)12(14)15/h2-5,11H,6-8,13H2,1H3. The normalized spacial score (nSPS) is 21.1. The highest BCUT2D eigenvalue weighted by atomic mass is 16.2. The van der Waals surface area contributed by atoms with Crippen LogP contribution in [-0.2, 0) is 11.3 Å². The topological polar surface area (TPSA) is 46.3 Å². The van der Waals surface area contributed by atoms with Gasteiger partial charge in [-0.1, -0.05) is 24.3 Å². The van der Waals surface area contributed by atoms with Gasteiger partial charge < -0.3 is 10.6 Å². The lowest BCUT2D eigenvalue weighted by Gasteiger charge is -2.17. The Morgan fingerprint density at radius 3 is 2.80 bits per heavy atom. The van der Waals surface area contributed by atoms with Crippen LogP contribution >= 0.6 is 0 Å². The van der Waals surface area contributed by atoms with Crippen LogP contribution in [0.5, 0.6) is 0 Å². The molecule has 0 bridgehead atoms. The lowest BCUT2D eigenvalue weighted by Crippen LogP contribution is -2.33. The minimum Gasteiger partial charge on any atom is -0.337 e. The molecule has 0 aromatic heterocycles. The van der Waals surface area contributed by atoms with E-state index in [4.69, 9.17) is 5.73 Å². The summed E-state index contributed by atoms with van der Waals surface area (Å²) in [6.07, 6.45) is 0.782. The van der Waals surface area contributed by atoms with Crippen molar-refractivity contribution in [1.29, 1.82) is 0 Å². The Labute approximate surface area is 89.9 Å². The van der Waals surface area contributed by atoms with Crippen LogP contribution in [0.15, 0.2) is 24.3 Å². The van der Waals surface area contributed by atoms with Crippen LogP contribution in [0.4, 0.5) is 0 Å². The van der Waals surface area contributed by atoms with Gasteiger partial charge in [-0.15, -0.1) is 0 Å². The van der Waals surface area contributed by atoms with Crippen LogP contribution in [0.2, 0.25) is 0 Å². The van der Waals surface area contributed by atoms with E-state index in [1.165, 1.54) is 11.1 Å². The zero-order valence-corrected chi connectivity index (χ0v) is 8.94. The van der Waals surface area contributed by atoms with E-state index in [9.17, 15) is 4.79 Å². The second-order valence-corrected chi connectivity index (χ2v) is 4.08. The Kier molecular flexibility index (Phi) is 2.73. The Bertz CT molecular complexity index is 376. The molecule has 80 valence electrons. The smallest absolute Gasteiger partial charge is 0.239 e. The Hall–Kier alpha value is -1.35. The minimum atomic E-state index is -0.283. The molecule has 15 heavy (non-hydrogen) atoms. The number of rotatable bonds is 2. The first-order chi connectivity index (χ1) is 7.18. The molecule has 1 aliphatic heterocycles. The molecule has 1 unspecified atom stereocenters. The van der Waals surface area contributed by atoms with E-state index in [-0.39, 0.29) is 11.9 Å². The van der Waals surface area contributed by atoms with Gasteiger partial charge >= 0.3 is 0 Å². The van der Waals surface area contributed by atoms with E-state index in [0.717, 1.165) is 13.0 Å². The zero-order chi connectivity index (χ0) is 10.8. The summed E-state index contributed by atoms with van der Waals surface area (Å²) in [7, 11) is 0. The number of hydrogen-bond donors (Lipinski definition) is 1. The maximum absolute atomic E-state index is 11.6. The maximum atomic E-state index is 11.6. The number of nitrogens with zero attached hydrogens (tertiary/aromatic N) is 1. The molecule has 3 nitrogen and oxygen atoms in total. The second-order valence-electron chi connectivity index (χ2n) is 4.08. The number of carbonyl (C=O) groups excluding carboxylic acids is 1. The first kappa shape index (κ1) is 10.2. The lowest BCUT2D eigenvalue weighted by atomic mass is 10.1. The van der Waals surface area contributed by atoms with Crippen LogP contribution < -0.4 is 5.73 Å². The number of likely N-dealkylation sites (tertiary alicyclic amines) is 1. The van der Waals surface area contributed by atoms with Gasteiger partial charge in [-0.05, 0) is 24.5 Å².